The van der Waals surface area contributed by atoms with E-state index in [1.807, 2.05) is 39.5 Å². The van der Waals surface area contributed by atoms with Crippen molar-refractivity contribution in [1.29, 1.82) is 0 Å². The first-order valence-electron chi connectivity index (χ1n) is 6.54. The maximum Gasteiger partial charge on any atom is 0.163 e. The third kappa shape index (κ3) is 2.24. The van der Waals surface area contributed by atoms with Crippen LogP contribution in [0.2, 0.25) is 0 Å². The molecule has 0 bridgehead atoms. The van der Waals surface area contributed by atoms with E-state index in [2.05, 4.69) is 10.4 Å². The maximum atomic E-state index is 6.08. The van der Waals surface area contributed by atoms with Gasteiger partial charge in [-0.2, -0.15) is 5.10 Å². The van der Waals surface area contributed by atoms with Crippen molar-refractivity contribution in [2.75, 3.05) is 13.7 Å². The highest BCUT2D eigenvalue weighted by atomic mass is 16.5. The Kier molecular flexibility index (Phi) is 3.92. The molecule has 0 amide bonds. The molecule has 1 aromatic heterocycles. The molecule has 1 fully saturated rings. The van der Waals surface area contributed by atoms with Gasteiger partial charge in [0.2, 0.25) is 0 Å². The predicted octanol–water partition coefficient (Wildman–Crippen LogP) is 1.18. The number of hydrogen-bond donors (Lipinski definition) is 1. The largest absolute Gasteiger partial charge is 0.484 e. The Hall–Kier alpha value is -1.07. The molecule has 1 aliphatic carbocycles. The number of nitrogens with one attached hydrogen (secondary N) is 1. The minimum absolute atomic E-state index is 0.129. The van der Waals surface area contributed by atoms with Crippen LogP contribution in [-0.2, 0) is 11.8 Å². The van der Waals surface area contributed by atoms with Gasteiger partial charge in [-0.1, -0.05) is 0 Å². The minimum Gasteiger partial charge on any atom is -0.484 e. The average molecular weight is 253 g/mol. The molecule has 1 saturated carbocycles. The number of nitrogens with zero attached hydrogens (tertiary/aromatic N) is 2. The number of likely N-dealkylation sites (N-methyl/N-ethyl adjacent to an activating group) is 1. The number of hydrogen-bond acceptors (Lipinski definition) is 4. The third-order valence-electron chi connectivity index (χ3n) is 3.69. The fraction of sp³-hybridized carbons (Fsp3) is 0.769. The molecule has 0 radical (unpaired) electrons. The first-order chi connectivity index (χ1) is 8.58. The van der Waals surface area contributed by atoms with E-state index in [0.717, 1.165) is 23.6 Å². The lowest BCUT2D eigenvalue weighted by Crippen LogP contribution is -2.60. The smallest absolute Gasteiger partial charge is 0.163 e. The van der Waals surface area contributed by atoms with E-state index >= 15 is 0 Å². The van der Waals surface area contributed by atoms with E-state index in [1.165, 1.54) is 0 Å². The van der Waals surface area contributed by atoms with E-state index in [1.54, 1.807) is 0 Å². The Morgan fingerprint density at radius 2 is 2.17 bits per heavy atom. The molecule has 0 spiro atoms. The second kappa shape index (κ2) is 5.28. The van der Waals surface area contributed by atoms with Gasteiger partial charge in [-0.05, 0) is 27.8 Å². The molecule has 0 saturated heterocycles. The van der Waals surface area contributed by atoms with Crippen molar-refractivity contribution in [3.05, 3.63) is 11.4 Å². The van der Waals surface area contributed by atoms with Crippen molar-refractivity contribution in [2.45, 2.75) is 45.4 Å². The van der Waals surface area contributed by atoms with Crippen LogP contribution in [0.25, 0.3) is 0 Å². The molecular weight excluding hydrogens is 230 g/mol. The van der Waals surface area contributed by atoms with Crippen LogP contribution in [0.3, 0.4) is 0 Å². The van der Waals surface area contributed by atoms with Gasteiger partial charge >= 0.3 is 0 Å². The third-order valence-corrected chi connectivity index (χ3v) is 3.69. The van der Waals surface area contributed by atoms with Crippen molar-refractivity contribution in [2.24, 2.45) is 7.05 Å². The lowest BCUT2D eigenvalue weighted by atomic mass is 9.85. The summed E-state index contributed by atoms with van der Waals surface area (Å²) in [4.78, 5) is 0. The molecule has 0 aliphatic heterocycles. The van der Waals surface area contributed by atoms with Crippen LogP contribution in [-0.4, -0.2) is 41.7 Å². The zero-order chi connectivity index (χ0) is 13.3. The van der Waals surface area contributed by atoms with Gasteiger partial charge in [-0.15, -0.1) is 0 Å². The van der Waals surface area contributed by atoms with Gasteiger partial charge < -0.3 is 14.8 Å². The number of aryl methyl sites for hydroxylation is 2. The predicted molar refractivity (Wildman–Crippen MR) is 70.0 cm³/mol. The molecule has 1 N–H and O–H groups in total. The minimum atomic E-state index is 0.129. The second-order valence-corrected chi connectivity index (χ2v) is 4.83. The van der Waals surface area contributed by atoms with Gasteiger partial charge in [0, 0.05) is 26.1 Å². The molecule has 2 rings (SSSR count). The van der Waals surface area contributed by atoms with Crippen LogP contribution >= 0.6 is 0 Å². The van der Waals surface area contributed by atoms with Crippen LogP contribution in [0.1, 0.15) is 24.7 Å². The van der Waals surface area contributed by atoms with Gasteiger partial charge in [0.05, 0.1) is 5.69 Å². The van der Waals surface area contributed by atoms with Gasteiger partial charge in [0.15, 0.2) is 5.75 Å². The molecule has 3 unspecified atom stereocenters. The first kappa shape index (κ1) is 13.4. The topological polar surface area (TPSA) is 48.3 Å². The van der Waals surface area contributed by atoms with E-state index in [0.29, 0.717) is 12.6 Å². The Balaban J connectivity index is 2.05. The van der Waals surface area contributed by atoms with E-state index in [-0.39, 0.29) is 12.2 Å². The second-order valence-electron chi connectivity index (χ2n) is 4.83. The summed E-state index contributed by atoms with van der Waals surface area (Å²) >= 11 is 0. The zero-order valence-electron chi connectivity index (χ0n) is 11.9. The molecular formula is C13H23N3O2. The van der Waals surface area contributed by atoms with E-state index < -0.39 is 0 Å². The molecule has 18 heavy (non-hydrogen) atoms. The summed E-state index contributed by atoms with van der Waals surface area (Å²) in [6.07, 6.45) is 1.25. The van der Waals surface area contributed by atoms with Crippen LogP contribution in [0.5, 0.6) is 5.75 Å². The fourth-order valence-electron chi connectivity index (χ4n) is 2.47. The molecule has 1 aromatic rings. The average Bonchev–Trinajstić information content (AvgIpc) is 2.56. The maximum absolute atomic E-state index is 6.08. The van der Waals surface area contributed by atoms with E-state index in [4.69, 9.17) is 9.47 Å². The number of aromatic nitrogens is 2. The van der Waals surface area contributed by atoms with Crippen LogP contribution in [0, 0.1) is 13.8 Å². The Labute approximate surface area is 108 Å². The highest BCUT2D eigenvalue weighted by Gasteiger charge is 2.43. The van der Waals surface area contributed by atoms with Crippen molar-refractivity contribution in [1.82, 2.24) is 15.1 Å². The lowest BCUT2D eigenvalue weighted by molar-refractivity contribution is -0.103. The summed E-state index contributed by atoms with van der Waals surface area (Å²) in [6.45, 7) is 6.74. The SMILES string of the molecule is CCOC1C(NC)CC1Oc1c(C)nn(C)c1C. The Morgan fingerprint density at radius 1 is 1.44 bits per heavy atom. The summed E-state index contributed by atoms with van der Waals surface area (Å²) in [5.74, 6) is 0.904. The van der Waals surface area contributed by atoms with Crippen molar-refractivity contribution in [3.63, 3.8) is 0 Å². The van der Waals surface area contributed by atoms with Crippen molar-refractivity contribution >= 4 is 0 Å². The summed E-state index contributed by atoms with van der Waals surface area (Å²) < 4.78 is 13.7. The van der Waals surface area contributed by atoms with Gasteiger partial charge in [0.1, 0.15) is 17.9 Å². The van der Waals surface area contributed by atoms with Crippen molar-refractivity contribution in [3.8, 4) is 5.75 Å². The highest BCUT2D eigenvalue weighted by molar-refractivity contribution is 5.32. The van der Waals surface area contributed by atoms with Crippen molar-refractivity contribution < 1.29 is 9.47 Å². The van der Waals surface area contributed by atoms with E-state index in [9.17, 15) is 0 Å². The molecule has 3 atom stereocenters. The first-order valence-corrected chi connectivity index (χ1v) is 6.54. The number of rotatable bonds is 5. The zero-order valence-corrected chi connectivity index (χ0v) is 11.9. The summed E-state index contributed by atoms with van der Waals surface area (Å²) in [5, 5.41) is 7.63. The summed E-state index contributed by atoms with van der Waals surface area (Å²) in [6, 6.07) is 0.396. The molecule has 102 valence electrons. The molecule has 1 heterocycles. The quantitative estimate of drug-likeness (QED) is 0.856. The fourth-order valence-corrected chi connectivity index (χ4v) is 2.47. The van der Waals surface area contributed by atoms with Crippen LogP contribution in [0.4, 0.5) is 0 Å². The van der Waals surface area contributed by atoms with Gasteiger partial charge in [-0.3, -0.25) is 4.68 Å². The van der Waals surface area contributed by atoms with Gasteiger partial charge in [0.25, 0.3) is 0 Å². The molecule has 5 nitrogen and oxygen atoms in total. The molecule has 0 aromatic carbocycles. The highest BCUT2D eigenvalue weighted by Crippen LogP contribution is 2.31. The normalized spacial score (nSPS) is 27.1. The van der Waals surface area contributed by atoms with Crippen LogP contribution in [0.15, 0.2) is 0 Å². The Bertz CT molecular complexity index is 417. The Morgan fingerprint density at radius 3 is 2.67 bits per heavy atom. The van der Waals surface area contributed by atoms with Gasteiger partial charge in [-0.25, -0.2) is 0 Å². The molecule has 5 heteroatoms. The summed E-state index contributed by atoms with van der Waals surface area (Å²) in [7, 11) is 3.90. The summed E-state index contributed by atoms with van der Waals surface area (Å²) in [5.41, 5.74) is 2.01. The molecule has 1 aliphatic rings. The lowest BCUT2D eigenvalue weighted by Gasteiger charge is -2.43. The monoisotopic (exact) mass is 253 g/mol. The number of ether oxygens (including phenoxy) is 2. The standard InChI is InChI=1S/C13H23N3O2/c1-6-17-13-10(14-4)7-11(13)18-12-8(2)15-16(5)9(12)3/h10-11,13-14H,6-7H2,1-5H3. The van der Waals surface area contributed by atoms with Crippen LogP contribution < -0.4 is 10.1 Å².